The van der Waals surface area contributed by atoms with Crippen LogP contribution in [-0.4, -0.2) is 39.8 Å². The Morgan fingerprint density at radius 2 is 2.17 bits per heavy atom. The summed E-state index contributed by atoms with van der Waals surface area (Å²) in [5.41, 5.74) is 0.621. The van der Waals surface area contributed by atoms with Gasteiger partial charge < -0.3 is 4.74 Å². The molecule has 0 unspecified atom stereocenters. The highest BCUT2D eigenvalue weighted by atomic mass is 35.5. The molecule has 1 aromatic heterocycles. The molecule has 6 heteroatoms. The summed E-state index contributed by atoms with van der Waals surface area (Å²) in [7, 11) is 0. The van der Waals surface area contributed by atoms with Gasteiger partial charge in [-0.2, -0.15) is 4.98 Å². The van der Waals surface area contributed by atoms with Crippen LogP contribution in [0.25, 0.3) is 0 Å². The molecule has 1 aliphatic heterocycles. The molecule has 0 atom stereocenters. The van der Waals surface area contributed by atoms with Gasteiger partial charge in [0.05, 0.1) is 5.56 Å². The zero-order valence-corrected chi connectivity index (χ0v) is 12.7. The number of hydrogen-bond acceptors (Lipinski definition) is 5. The predicted molar refractivity (Wildman–Crippen MR) is 74.5 cm³/mol. The molecule has 2 heterocycles. The van der Waals surface area contributed by atoms with Crippen LogP contribution < -0.4 is 4.74 Å². The number of aromatic nitrogens is 2. The molecule has 0 fully saturated rings. The Labute approximate surface area is 117 Å². The van der Waals surface area contributed by atoms with Crippen LogP contribution in [0.3, 0.4) is 0 Å². The van der Waals surface area contributed by atoms with Crippen molar-refractivity contribution in [2.45, 2.75) is 38.1 Å². The van der Waals surface area contributed by atoms with E-state index >= 15 is 0 Å². The minimum Gasteiger partial charge on any atom is -0.470 e. The van der Waals surface area contributed by atoms with Gasteiger partial charge in [-0.3, -0.25) is 4.90 Å². The van der Waals surface area contributed by atoms with Gasteiger partial charge in [0.2, 0.25) is 5.88 Å². The largest absolute Gasteiger partial charge is 0.470 e. The molecule has 0 amide bonds. The maximum absolute atomic E-state index is 6.24. The Balaban J connectivity index is 2.47. The van der Waals surface area contributed by atoms with Crippen LogP contribution in [0, 0.1) is 0 Å². The minimum absolute atomic E-state index is 0.269. The molecule has 18 heavy (non-hydrogen) atoms. The lowest BCUT2D eigenvalue weighted by atomic mass is 10.1. The first-order valence-electron chi connectivity index (χ1n) is 5.97. The molecule has 0 N–H and O–H groups in total. The van der Waals surface area contributed by atoms with Crippen molar-refractivity contribution >= 4 is 23.4 Å². The van der Waals surface area contributed by atoms with Gasteiger partial charge in [0.25, 0.3) is 0 Å². The molecule has 0 bridgehead atoms. The summed E-state index contributed by atoms with van der Waals surface area (Å²) in [5, 5.41) is 1.15. The quantitative estimate of drug-likeness (QED) is 0.475. The van der Waals surface area contributed by atoms with Crippen molar-refractivity contribution in [1.29, 1.82) is 0 Å². The zero-order valence-electron chi connectivity index (χ0n) is 11.2. The van der Waals surface area contributed by atoms with Crippen molar-refractivity contribution < 1.29 is 4.74 Å². The normalized spacial score (nSPS) is 18.9. The van der Waals surface area contributed by atoms with Gasteiger partial charge in [-0.15, -0.1) is 0 Å². The van der Waals surface area contributed by atoms with Crippen LogP contribution in [0.1, 0.15) is 26.3 Å². The first-order valence-corrected chi connectivity index (χ1v) is 7.57. The van der Waals surface area contributed by atoms with E-state index in [1.54, 1.807) is 0 Å². The number of likely N-dealkylation sites (N-methyl/N-ethyl adjacent to an activating group) is 1. The second-order valence-electron chi connectivity index (χ2n) is 4.95. The minimum atomic E-state index is -0.269. The van der Waals surface area contributed by atoms with E-state index in [2.05, 4.69) is 35.6 Å². The fraction of sp³-hybridized carbons (Fsp3) is 0.667. The summed E-state index contributed by atoms with van der Waals surface area (Å²) in [6.07, 6.45) is 1.93. The lowest BCUT2D eigenvalue weighted by Gasteiger charge is -2.28. The van der Waals surface area contributed by atoms with E-state index in [0.717, 1.165) is 25.2 Å². The summed E-state index contributed by atoms with van der Waals surface area (Å²) in [6.45, 7) is 8.81. The van der Waals surface area contributed by atoms with Crippen molar-refractivity contribution in [2.75, 3.05) is 19.3 Å². The van der Waals surface area contributed by atoms with Crippen molar-refractivity contribution in [2.24, 2.45) is 0 Å². The van der Waals surface area contributed by atoms with E-state index in [1.807, 2.05) is 6.26 Å². The molecule has 1 aliphatic rings. The summed E-state index contributed by atoms with van der Waals surface area (Å²) in [5.74, 6) is 0.625. The summed E-state index contributed by atoms with van der Waals surface area (Å²) < 4.78 is 6.01. The third-order valence-corrected chi connectivity index (χ3v) is 3.75. The summed E-state index contributed by atoms with van der Waals surface area (Å²) in [6, 6.07) is 0. The van der Waals surface area contributed by atoms with Crippen molar-refractivity contribution in [1.82, 2.24) is 14.9 Å². The standard InChI is InChI=1S/C12H18ClN3OS/c1-5-16-6-8-9(13)14-11(18-4)15-10(8)17-12(2,3)7-16/h5-7H2,1-4H3. The highest BCUT2D eigenvalue weighted by Crippen LogP contribution is 2.32. The first kappa shape index (κ1) is 13.9. The lowest BCUT2D eigenvalue weighted by molar-refractivity contribution is 0.0688. The third-order valence-electron chi connectivity index (χ3n) is 2.89. The summed E-state index contributed by atoms with van der Waals surface area (Å²) in [4.78, 5) is 11.0. The molecule has 100 valence electrons. The van der Waals surface area contributed by atoms with E-state index < -0.39 is 0 Å². The van der Waals surface area contributed by atoms with E-state index in [-0.39, 0.29) is 5.60 Å². The van der Waals surface area contributed by atoms with Crippen molar-refractivity contribution in [3.05, 3.63) is 10.7 Å². The van der Waals surface area contributed by atoms with Gasteiger partial charge in [0.1, 0.15) is 10.8 Å². The molecular formula is C12H18ClN3OS. The number of thioether (sulfide) groups is 1. The highest BCUT2D eigenvalue weighted by Gasteiger charge is 2.31. The number of hydrogen-bond donors (Lipinski definition) is 0. The Hall–Kier alpha value is -0.520. The van der Waals surface area contributed by atoms with E-state index in [0.29, 0.717) is 16.2 Å². The molecule has 0 radical (unpaired) electrons. The van der Waals surface area contributed by atoms with Crippen molar-refractivity contribution in [3.8, 4) is 5.88 Å². The van der Waals surface area contributed by atoms with E-state index in [9.17, 15) is 0 Å². The number of ether oxygens (including phenoxy) is 1. The van der Waals surface area contributed by atoms with Gasteiger partial charge in [-0.25, -0.2) is 4.98 Å². The fourth-order valence-corrected chi connectivity index (χ4v) is 2.69. The Morgan fingerprint density at radius 1 is 1.44 bits per heavy atom. The van der Waals surface area contributed by atoms with Crippen LogP contribution in [0.5, 0.6) is 5.88 Å². The van der Waals surface area contributed by atoms with Gasteiger partial charge >= 0.3 is 0 Å². The number of nitrogens with zero attached hydrogens (tertiary/aromatic N) is 3. The molecule has 0 spiro atoms. The van der Waals surface area contributed by atoms with Gasteiger partial charge in [0.15, 0.2) is 5.16 Å². The lowest BCUT2D eigenvalue weighted by Crippen LogP contribution is -2.40. The first-order chi connectivity index (χ1) is 8.45. The Morgan fingerprint density at radius 3 is 2.78 bits per heavy atom. The number of rotatable bonds is 2. The van der Waals surface area contributed by atoms with Gasteiger partial charge in [-0.05, 0) is 26.6 Å². The van der Waals surface area contributed by atoms with Crippen molar-refractivity contribution in [3.63, 3.8) is 0 Å². The van der Waals surface area contributed by atoms with Gasteiger partial charge in [-0.1, -0.05) is 30.3 Å². The molecule has 0 aromatic carbocycles. The van der Waals surface area contributed by atoms with E-state index in [1.165, 1.54) is 11.8 Å². The molecule has 0 saturated carbocycles. The highest BCUT2D eigenvalue weighted by molar-refractivity contribution is 7.98. The predicted octanol–water partition coefficient (Wildman–Crippen LogP) is 2.84. The second-order valence-corrected chi connectivity index (χ2v) is 6.08. The third kappa shape index (κ3) is 2.90. The molecule has 4 nitrogen and oxygen atoms in total. The molecule has 2 rings (SSSR count). The monoisotopic (exact) mass is 287 g/mol. The van der Waals surface area contributed by atoms with Crippen LogP contribution >= 0.6 is 23.4 Å². The van der Waals surface area contributed by atoms with E-state index in [4.69, 9.17) is 16.3 Å². The summed E-state index contributed by atoms with van der Waals surface area (Å²) >= 11 is 7.71. The second kappa shape index (κ2) is 5.23. The molecular weight excluding hydrogens is 270 g/mol. The average molecular weight is 288 g/mol. The van der Waals surface area contributed by atoms with Crippen LogP contribution in [0.15, 0.2) is 5.16 Å². The van der Waals surface area contributed by atoms with Crippen LogP contribution in [0.4, 0.5) is 0 Å². The topological polar surface area (TPSA) is 38.2 Å². The maximum atomic E-state index is 6.24. The number of halogens is 1. The average Bonchev–Trinajstić information content (AvgIpc) is 2.43. The van der Waals surface area contributed by atoms with Gasteiger partial charge in [0, 0.05) is 13.1 Å². The Bertz CT molecular complexity index is 453. The smallest absolute Gasteiger partial charge is 0.224 e. The SMILES string of the molecule is CCN1Cc2c(Cl)nc(SC)nc2OC(C)(C)C1. The molecule has 1 aromatic rings. The molecule has 0 aliphatic carbocycles. The van der Waals surface area contributed by atoms with Crippen LogP contribution in [-0.2, 0) is 6.54 Å². The fourth-order valence-electron chi connectivity index (χ4n) is 2.06. The zero-order chi connectivity index (χ0) is 13.3. The van der Waals surface area contributed by atoms with Crippen LogP contribution in [0.2, 0.25) is 5.15 Å². The number of fused-ring (bicyclic) bond motifs is 1. The maximum Gasteiger partial charge on any atom is 0.224 e. The molecule has 0 saturated heterocycles. The Kier molecular flexibility index (Phi) is 4.04.